The first-order valence-corrected chi connectivity index (χ1v) is 10.1. The number of rotatable bonds is 5. The first kappa shape index (κ1) is 19.0. The summed E-state index contributed by atoms with van der Waals surface area (Å²) >= 11 is 6.71. The van der Waals surface area contributed by atoms with Gasteiger partial charge in [0.05, 0.1) is 10.2 Å². The van der Waals surface area contributed by atoms with Gasteiger partial charge in [-0.1, -0.05) is 53.8 Å². The monoisotopic (exact) mass is 419 g/mol. The maximum absolute atomic E-state index is 12.4. The molecule has 0 bridgehead atoms. The molecule has 4 aromatic rings. The van der Waals surface area contributed by atoms with E-state index in [2.05, 4.69) is 15.6 Å². The molecule has 0 aliphatic rings. The number of thiazole rings is 1. The van der Waals surface area contributed by atoms with Crippen molar-refractivity contribution in [3.05, 3.63) is 90.0 Å². The fourth-order valence-electron chi connectivity index (χ4n) is 2.67. The number of fused-ring (bicyclic) bond motifs is 1. The largest absolute Gasteiger partial charge is 0.489 e. The summed E-state index contributed by atoms with van der Waals surface area (Å²) in [5.41, 5.74) is 2.46. The number of hydrogen-bond acceptors (Lipinski definition) is 5. The summed E-state index contributed by atoms with van der Waals surface area (Å²) in [5.74, 6) is 0.402. The minimum Gasteiger partial charge on any atom is -0.489 e. The Morgan fingerprint density at radius 2 is 1.69 bits per heavy atom. The molecule has 7 heteroatoms. The van der Waals surface area contributed by atoms with Crippen molar-refractivity contribution in [3.8, 4) is 5.75 Å². The molecule has 1 amide bonds. The standard InChI is InChI=1S/C22H17N3O2S2/c26-20(24-21(28)25-22-23-18-8-4-5-9-19(18)29-22)16-10-12-17(13-11-16)27-14-15-6-2-1-3-7-15/h1-13H,14H2,(H2,23,24,25,26,28). The molecule has 1 heterocycles. The molecule has 0 aliphatic heterocycles. The van der Waals surface area contributed by atoms with Crippen LogP contribution in [0.15, 0.2) is 78.9 Å². The summed E-state index contributed by atoms with van der Waals surface area (Å²) < 4.78 is 6.79. The summed E-state index contributed by atoms with van der Waals surface area (Å²) in [5, 5.41) is 6.48. The van der Waals surface area contributed by atoms with Crippen LogP contribution in [0.25, 0.3) is 10.2 Å². The zero-order valence-electron chi connectivity index (χ0n) is 15.3. The van der Waals surface area contributed by atoms with Crippen LogP contribution in [0.1, 0.15) is 15.9 Å². The molecular formula is C22H17N3O2S2. The maximum atomic E-state index is 12.4. The third-order valence-corrected chi connectivity index (χ3v) is 5.26. The molecular weight excluding hydrogens is 402 g/mol. The normalized spacial score (nSPS) is 10.5. The Morgan fingerprint density at radius 1 is 0.966 bits per heavy atom. The lowest BCUT2D eigenvalue weighted by atomic mass is 10.2. The number of nitrogens with one attached hydrogen (secondary N) is 2. The number of anilines is 1. The van der Waals surface area contributed by atoms with Gasteiger partial charge in [-0.05, 0) is 54.2 Å². The van der Waals surface area contributed by atoms with Gasteiger partial charge < -0.3 is 10.1 Å². The number of carbonyl (C=O) groups is 1. The van der Waals surface area contributed by atoms with Gasteiger partial charge in [-0.15, -0.1) is 0 Å². The lowest BCUT2D eigenvalue weighted by molar-refractivity contribution is 0.0977. The van der Waals surface area contributed by atoms with E-state index in [1.54, 1.807) is 24.3 Å². The number of ether oxygens (including phenoxy) is 1. The molecule has 3 aromatic carbocycles. The Labute approximate surface area is 177 Å². The van der Waals surface area contributed by atoms with Crippen molar-refractivity contribution in [3.63, 3.8) is 0 Å². The van der Waals surface area contributed by atoms with Gasteiger partial charge in [0.1, 0.15) is 12.4 Å². The van der Waals surface area contributed by atoms with Crippen molar-refractivity contribution in [1.82, 2.24) is 10.3 Å². The van der Waals surface area contributed by atoms with Crippen LogP contribution in [0.4, 0.5) is 5.13 Å². The third kappa shape index (κ3) is 4.96. The van der Waals surface area contributed by atoms with Crippen LogP contribution in [0.5, 0.6) is 5.75 Å². The Morgan fingerprint density at radius 3 is 2.45 bits per heavy atom. The van der Waals surface area contributed by atoms with Crippen LogP contribution in [-0.4, -0.2) is 16.0 Å². The predicted molar refractivity (Wildman–Crippen MR) is 121 cm³/mol. The summed E-state index contributed by atoms with van der Waals surface area (Å²) in [6, 6.07) is 24.7. The number of carbonyl (C=O) groups excluding carboxylic acids is 1. The SMILES string of the molecule is O=C(NC(=S)Nc1nc2ccccc2s1)c1ccc(OCc2ccccc2)cc1. The van der Waals surface area contributed by atoms with E-state index in [0.29, 0.717) is 23.1 Å². The van der Waals surface area contributed by atoms with Crippen molar-refractivity contribution in [1.29, 1.82) is 0 Å². The summed E-state index contributed by atoms with van der Waals surface area (Å²) in [6.45, 7) is 0.475. The van der Waals surface area contributed by atoms with Crippen LogP contribution in [0, 0.1) is 0 Å². The molecule has 0 saturated heterocycles. The number of para-hydroxylation sites is 1. The van der Waals surface area contributed by atoms with E-state index in [4.69, 9.17) is 17.0 Å². The average Bonchev–Trinajstić information content (AvgIpc) is 3.15. The second kappa shape index (κ2) is 8.81. The number of nitrogens with zero attached hydrogens (tertiary/aromatic N) is 1. The molecule has 0 atom stereocenters. The van der Waals surface area contributed by atoms with E-state index in [0.717, 1.165) is 15.8 Å². The first-order valence-electron chi connectivity index (χ1n) is 8.92. The highest BCUT2D eigenvalue weighted by Gasteiger charge is 2.10. The Kier molecular flexibility index (Phi) is 5.79. The van der Waals surface area contributed by atoms with Crippen molar-refractivity contribution >= 4 is 49.9 Å². The minimum atomic E-state index is -0.293. The molecule has 0 spiro atoms. The lowest BCUT2D eigenvalue weighted by Gasteiger charge is -2.09. The quantitative estimate of drug-likeness (QED) is 0.446. The highest BCUT2D eigenvalue weighted by Crippen LogP contribution is 2.25. The van der Waals surface area contributed by atoms with Crippen LogP contribution in [-0.2, 0) is 6.61 Å². The van der Waals surface area contributed by atoms with Gasteiger partial charge in [0.25, 0.3) is 5.91 Å². The Hall–Kier alpha value is -3.29. The molecule has 29 heavy (non-hydrogen) atoms. The average molecular weight is 420 g/mol. The number of thiocarbonyl (C=S) groups is 1. The van der Waals surface area contributed by atoms with Crippen LogP contribution < -0.4 is 15.4 Å². The number of hydrogen-bond donors (Lipinski definition) is 2. The van der Waals surface area contributed by atoms with Gasteiger partial charge in [-0.3, -0.25) is 10.1 Å². The van der Waals surface area contributed by atoms with Crippen molar-refractivity contribution in [2.75, 3.05) is 5.32 Å². The van der Waals surface area contributed by atoms with E-state index in [-0.39, 0.29) is 11.0 Å². The van der Waals surface area contributed by atoms with Crippen molar-refractivity contribution < 1.29 is 9.53 Å². The highest BCUT2D eigenvalue weighted by molar-refractivity contribution is 7.80. The Balaban J connectivity index is 1.32. The molecule has 2 N–H and O–H groups in total. The van der Waals surface area contributed by atoms with Gasteiger partial charge in [0.2, 0.25) is 0 Å². The van der Waals surface area contributed by atoms with E-state index < -0.39 is 0 Å². The van der Waals surface area contributed by atoms with Crippen LogP contribution in [0.2, 0.25) is 0 Å². The molecule has 0 unspecified atom stereocenters. The summed E-state index contributed by atoms with van der Waals surface area (Å²) in [7, 11) is 0. The van der Waals surface area contributed by atoms with Gasteiger partial charge in [-0.2, -0.15) is 0 Å². The van der Waals surface area contributed by atoms with Gasteiger partial charge >= 0.3 is 0 Å². The number of amides is 1. The zero-order valence-corrected chi connectivity index (χ0v) is 16.9. The lowest BCUT2D eigenvalue weighted by Crippen LogP contribution is -2.34. The van der Waals surface area contributed by atoms with E-state index in [1.165, 1.54) is 11.3 Å². The van der Waals surface area contributed by atoms with Gasteiger partial charge in [0, 0.05) is 5.56 Å². The molecule has 4 rings (SSSR count). The van der Waals surface area contributed by atoms with Crippen molar-refractivity contribution in [2.45, 2.75) is 6.61 Å². The second-order valence-electron chi connectivity index (χ2n) is 6.19. The Bertz CT molecular complexity index is 1110. The van der Waals surface area contributed by atoms with E-state index >= 15 is 0 Å². The third-order valence-electron chi connectivity index (χ3n) is 4.11. The fraction of sp³-hybridized carbons (Fsp3) is 0.0455. The molecule has 1 aromatic heterocycles. The maximum Gasteiger partial charge on any atom is 0.257 e. The van der Waals surface area contributed by atoms with Crippen molar-refractivity contribution in [2.24, 2.45) is 0 Å². The van der Waals surface area contributed by atoms with Crippen LogP contribution in [0.3, 0.4) is 0 Å². The molecule has 144 valence electrons. The van der Waals surface area contributed by atoms with E-state index in [9.17, 15) is 4.79 Å². The number of benzene rings is 3. The molecule has 0 radical (unpaired) electrons. The second-order valence-corrected chi connectivity index (χ2v) is 7.63. The molecule has 0 fully saturated rings. The molecule has 5 nitrogen and oxygen atoms in total. The smallest absolute Gasteiger partial charge is 0.257 e. The van der Waals surface area contributed by atoms with E-state index in [1.807, 2.05) is 54.6 Å². The van der Waals surface area contributed by atoms with Crippen LogP contribution >= 0.6 is 23.6 Å². The summed E-state index contributed by atoms with van der Waals surface area (Å²) in [4.78, 5) is 16.9. The zero-order chi connectivity index (χ0) is 20.1. The number of aromatic nitrogens is 1. The first-order chi connectivity index (χ1) is 14.2. The fourth-order valence-corrected chi connectivity index (χ4v) is 3.80. The van der Waals surface area contributed by atoms with Gasteiger partial charge in [-0.25, -0.2) is 4.98 Å². The summed E-state index contributed by atoms with van der Waals surface area (Å²) in [6.07, 6.45) is 0. The molecule has 0 saturated carbocycles. The van der Waals surface area contributed by atoms with Gasteiger partial charge in [0.15, 0.2) is 10.2 Å². The predicted octanol–water partition coefficient (Wildman–Crippen LogP) is 5.00. The topological polar surface area (TPSA) is 63.2 Å². The highest BCUT2D eigenvalue weighted by atomic mass is 32.1. The minimum absolute atomic E-state index is 0.207. The molecule has 0 aliphatic carbocycles.